The zero-order valence-corrected chi connectivity index (χ0v) is 14.4. The first-order chi connectivity index (χ1) is 11.3. The average molecular weight is 321 g/mol. The first-order valence-corrected chi connectivity index (χ1v) is 9.03. The van der Waals surface area contributed by atoms with E-state index in [1.165, 1.54) is 25.7 Å². The molecule has 0 bridgehead atoms. The monoisotopic (exact) mass is 321 g/mol. The Hall–Kier alpha value is -1.35. The number of carboxylic acids is 1. The summed E-state index contributed by atoms with van der Waals surface area (Å²) >= 11 is 0. The van der Waals surface area contributed by atoms with Crippen molar-refractivity contribution >= 4 is 5.97 Å². The second kappa shape index (κ2) is 18.7. The van der Waals surface area contributed by atoms with E-state index in [0.29, 0.717) is 13.0 Å². The standard InChI is InChI=1S/C20H34O3/c21-19-17-15-13-11-9-7-5-3-1-2-4-6-8-10-12-14-16-18-20(22)23/h1,3-4,6,10,12,21H,2,5,7-9,11,13-19H2,(H,22,23)/p-1/b3-1-,6-4-,12-10-. The van der Waals surface area contributed by atoms with Gasteiger partial charge in [0.15, 0.2) is 0 Å². The number of unbranched alkanes of at least 4 members (excludes halogenated alkanes) is 7. The van der Waals surface area contributed by atoms with Crippen LogP contribution in [0.1, 0.15) is 77.0 Å². The molecule has 0 saturated heterocycles. The highest BCUT2D eigenvalue weighted by atomic mass is 16.4. The number of carbonyl (C=O) groups excluding carboxylic acids is 1. The largest absolute Gasteiger partial charge is 0.550 e. The van der Waals surface area contributed by atoms with Crippen LogP contribution in [0.4, 0.5) is 0 Å². The van der Waals surface area contributed by atoms with Crippen molar-refractivity contribution in [2.75, 3.05) is 6.61 Å². The van der Waals surface area contributed by atoms with Crippen molar-refractivity contribution in [1.82, 2.24) is 0 Å². The number of allylic oxidation sites excluding steroid dienone is 6. The van der Waals surface area contributed by atoms with E-state index in [1.54, 1.807) is 0 Å². The molecule has 0 aliphatic heterocycles. The second-order valence-electron chi connectivity index (χ2n) is 5.78. The number of aliphatic hydroxyl groups excluding tert-OH is 1. The van der Waals surface area contributed by atoms with Gasteiger partial charge in [0, 0.05) is 12.6 Å². The topological polar surface area (TPSA) is 60.4 Å². The molecule has 0 aliphatic carbocycles. The molecule has 0 atom stereocenters. The molecule has 1 N–H and O–H groups in total. The van der Waals surface area contributed by atoms with Crippen LogP contribution in [0.25, 0.3) is 0 Å². The van der Waals surface area contributed by atoms with Gasteiger partial charge in [-0.15, -0.1) is 0 Å². The van der Waals surface area contributed by atoms with Crippen LogP contribution >= 0.6 is 0 Å². The van der Waals surface area contributed by atoms with Crippen LogP contribution in [0, 0.1) is 0 Å². The van der Waals surface area contributed by atoms with Crippen LogP contribution in [-0.4, -0.2) is 17.7 Å². The Kier molecular flexibility index (Phi) is 17.6. The van der Waals surface area contributed by atoms with Crippen LogP contribution in [-0.2, 0) is 4.79 Å². The van der Waals surface area contributed by atoms with Crippen molar-refractivity contribution in [3.63, 3.8) is 0 Å². The van der Waals surface area contributed by atoms with Gasteiger partial charge in [-0.05, 0) is 51.4 Å². The van der Waals surface area contributed by atoms with Gasteiger partial charge in [-0.2, -0.15) is 0 Å². The molecule has 3 heteroatoms. The van der Waals surface area contributed by atoms with Crippen LogP contribution in [0.3, 0.4) is 0 Å². The molecule has 0 rings (SSSR count). The molecule has 0 spiro atoms. The zero-order valence-electron chi connectivity index (χ0n) is 14.4. The molecule has 0 amide bonds. The quantitative estimate of drug-likeness (QED) is 0.344. The van der Waals surface area contributed by atoms with Gasteiger partial charge in [0.25, 0.3) is 0 Å². The maximum Gasteiger partial charge on any atom is 0.0431 e. The van der Waals surface area contributed by atoms with Gasteiger partial charge in [-0.25, -0.2) is 0 Å². The van der Waals surface area contributed by atoms with Gasteiger partial charge in [-0.1, -0.05) is 62.1 Å². The molecule has 0 aromatic rings. The van der Waals surface area contributed by atoms with E-state index in [9.17, 15) is 9.90 Å². The summed E-state index contributed by atoms with van der Waals surface area (Å²) in [5.74, 6) is -0.966. The summed E-state index contributed by atoms with van der Waals surface area (Å²) in [6.07, 6.45) is 24.7. The molecule has 0 aliphatic rings. The molecule has 0 saturated carbocycles. The zero-order chi connectivity index (χ0) is 17.0. The molecule has 0 radical (unpaired) electrons. The highest BCUT2D eigenvalue weighted by Crippen LogP contribution is 2.07. The van der Waals surface area contributed by atoms with Crippen LogP contribution in [0.2, 0.25) is 0 Å². The van der Waals surface area contributed by atoms with E-state index in [1.807, 2.05) is 6.08 Å². The van der Waals surface area contributed by atoms with Crippen molar-refractivity contribution in [2.24, 2.45) is 0 Å². The fourth-order valence-corrected chi connectivity index (χ4v) is 2.22. The number of carbonyl (C=O) groups is 1. The summed E-state index contributed by atoms with van der Waals surface area (Å²) in [7, 11) is 0. The van der Waals surface area contributed by atoms with Gasteiger partial charge in [0.05, 0.1) is 0 Å². The van der Waals surface area contributed by atoms with Crippen LogP contribution in [0.5, 0.6) is 0 Å². The van der Waals surface area contributed by atoms with E-state index in [2.05, 4.69) is 30.4 Å². The molecule has 0 heterocycles. The van der Waals surface area contributed by atoms with Crippen molar-refractivity contribution in [1.29, 1.82) is 0 Å². The molecule has 0 unspecified atom stereocenters. The SMILES string of the molecule is O=C([O-])CCC/C=C\C/C=C\C/C=C\CCCCCCCCO. The smallest absolute Gasteiger partial charge is 0.0431 e. The first kappa shape index (κ1) is 21.6. The lowest BCUT2D eigenvalue weighted by atomic mass is 10.1. The molecule has 3 nitrogen and oxygen atoms in total. The molecule has 132 valence electrons. The number of hydrogen-bond acceptors (Lipinski definition) is 3. The third-order valence-corrected chi connectivity index (χ3v) is 3.57. The summed E-state index contributed by atoms with van der Waals surface area (Å²) in [6, 6.07) is 0. The summed E-state index contributed by atoms with van der Waals surface area (Å²) in [6.45, 7) is 0.328. The highest BCUT2D eigenvalue weighted by Gasteiger charge is 1.89. The number of hydrogen-bond donors (Lipinski definition) is 1. The van der Waals surface area contributed by atoms with Crippen LogP contribution < -0.4 is 5.11 Å². The van der Waals surface area contributed by atoms with Crippen LogP contribution in [0.15, 0.2) is 36.5 Å². The van der Waals surface area contributed by atoms with E-state index in [4.69, 9.17) is 5.11 Å². The van der Waals surface area contributed by atoms with E-state index in [-0.39, 0.29) is 6.42 Å². The van der Waals surface area contributed by atoms with Gasteiger partial charge in [0.2, 0.25) is 0 Å². The third-order valence-electron chi connectivity index (χ3n) is 3.57. The normalized spacial score (nSPS) is 12.0. The summed E-state index contributed by atoms with van der Waals surface area (Å²) in [5.41, 5.74) is 0. The van der Waals surface area contributed by atoms with E-state index >= 15 is 0 Å². The molecule has 0 fully saturated rings. The molecule has 0 aromatic heterocycles. The number of carboxylic acid groups (broad SMARTS) is 1. The van der Waals surface area contributed by atoms with E-state index in [0.717, 1.165) is 38.5 Å². The minimum absolute atomic E-state index is 0.146. The molecular formula is C20H33O3-. The Labute approximate surface area is 141 Å². The maximum atomic E-state index is 10.2. The predicted octanol–water partition coefficient (Wildman–Crippen LogP) is 4.08. The van der Waals surface area contributed by atoms with Gasteiger partial charge < -0.3 is 15.0 Å². The minimum Gasteiger partial charge on any atom is -0.550 e. The lowest BCUT2D eigenvalue weighted by Gasteiger charge is -1.98. The Morgan fingerprint density at radius 1 is 0.696 bits per heavy atom. The van der Waals surface area contributed by atoms with Gasteiger partial charge >= 0.3 is 0 Å². The van der Waals surface area contributed by atoms with Crippen molar-refractivity contribution in [3.8, 4) is 0 Å². The average Bonchev–Trinajstić information content (AvgIpc) is 2.53. The second-order valence-corrected chi connectivity index (χ2v) is 5.78. The maximum absolute atomic E-state index is 10.2. The first-order valence-electron chi connectivity index (χ1n) is 9.03. The van der Waals surface area contributed by atoms with Crippen molar-refractivity contribution in [3.05, 3.63) is 36.5 Å². The lowest BCUT2D eigenvalue weighted by molar-refractivity contribution is -0.305. The Morgan fingerprint density at radius 2 is 1.17 bits per heavy atom. The number of rotatable bonds is 16. The Morgan fingerprint density at radius 3 is 1.74 bits per heavy atom. The van der Waals surface area contributed by atoms with E-state index < -0.39 is 5.97 Å². The predicted molar refractivity (Wildman–Crippen MR) is 94.9 cm³/mol. The number of aliphatic carboxylic acids is 1. The molecule has 23 heavy (non-hydrogen) atoms. The summed E-state index contributed by atoms with van der Waals surface area (Å²) in [5, 5.41) is 18.9. The fourth-order valence-electron chi connectivity index (χ4n) is 2.22. The fraction of sp³-hybridized carbons (Fsp3) is 0.650. The molecule has 0 aromatic carbocycles. The lowest BCUT2D eigenvalue weighted by Crippen LogP contribution is -2.21. The minimum atomic E-state index is -0.966. The summed E-state index contributed by atoms with van der Waals surface area (Å²) in [4.78, 5) is 10.2. The van der Waals surface area contributed by atoms with Gasteiger partial charge in [-0.3, -0.25) is 0 Å². The van der Waals surface area contributed by atoms with Crippen molar-refractivity contribution in [2.45, 2.75) is 77.0 Å². The highest BCUT2D eigenvalue weighted by molar-refractivity contribution is 5.64. The van der Waals surface area contributed by atoms with Gasteiger partial charge in [0.1, 0.15) is 0 Å². The number of aliphatic hydroxyl groups is 1. The summed E-state index contributed by atoms with van der Waals surface area (Å²) < 4.78 is 0. The van der Waals surface area contributed by atoms with Crippen molar-refractivity contribution < 1.29 is 15.0 Å². The Balaban J connectivity index is 3.29. The third kappa shape index (κ3) is 20.6. The Bertz CT molecular complexity index is 343. The molecular weight excluding hydrogens is 288 g/mol.